The van der Waals surface area contributed by atoms with E-state index >= 15 is 0 Å². The smallest absolute Gasteiger partial charge is 0.0916 e. The molecule has 1 aromatic carbocycles. The molecular formula is C15H20O. The van der Waals surface area contributed by atoms with E-state index in [0.717, 1.165) is 18.6 Å². The first-order valence-electron chi connectivity index (χ1n) is 6.01. The third-order valence-electron chi connectivity index (χ3n) is 3.58. The van der Waals surface area contributed by atoms with Gasteiger partial charge in [-0.1, -0.05) is 18.2 Å². The fourth-order valence-electron chi connectivity index (χ4n) is 2.73. The first-order chi connectivity index (χ1) is 7.72. The van der Waals surface area contributed by atoms with Crippen molar-refractivity contribution in [2.24, 2.45) is 0 Å². The van der Waals surface area contributed by atoms with E-state index in [9.17, 15) is 0 Å². The van der Waals surface area contributed by atoms with Gasteiger partial charge in [-0.3, -0.25) is 0 Å². The minimum atomic E-state index is 0.681. The molecule has 0 aliphatic heterocycles. The molecule has 86 valence electrons. The molecule has 0 unspecified atom stereocenters. The summed E-state index contributed by atoms with van der Waals surface area (Å²) in [5.74, 6) is 1.84. The van der Waals surface area contributed by atoms with Crippen LogP contribution < -0.4 is 0 Å². The van der Waals surface area contributed by atoms with Crippen molar-refractivity contribution in [3.8, 4) is 0 Å². The molecule has 0 bridgehead atoms. The maximum atomic E-state index is 5.30. The van der Waals surface area contributed by atoms with E-state index in [0.29, 0.717) is 5.92 Å². The van der Waals surface area contributed by atoms with Gasteiger partial charge in [0.05, 0.1) is 12.9 Å². The minimum absolute atomic E-state index is 0.681. The van der Waals surface area contributed by atoms with Crippen LogP contribution in [0.3, 0.4) is 0 Å². The fourth-order valence-corrected chi connectivity index (χ4v) is 2.73. The summed E-state index contributed by atoms with van der Waals surface area (Å²) in [5, 5.41) is 0. The molecule has 0 fully saturated rings. The van der Waals surface area contributed by atoms with Gasteiger partial charge in [0.2, 0.25) is 0 Å². The van der Waals surface area contributed by atoms with Crippen molar-refractivity contribution in [2.75, 3.05) is 7.11 Å². The molecule has 0 saturated carbocycles. The molecule has 0 spiro atoms. The summed E-state index contributed by atoms with van der Waals surface area (Å²) in [4.78, 5) is 0. The minimum Gasteiger partial charge on any atom is -0.501 e. The van der Waals surface area contributed by atoms with Crippen LogP contribution in [0.1, 0.15) is 41.9 Å². The van der Waals surface area contributed by atoms with Crippen LogP contribution in [0.25, 0.3) is 0 Å². The Kier molecular flexibility index (Phi) is 3.33. The van der Waals surface area contributed by atoms with Gasteiger partial charge in [-0.2, -0.15) is 0 Å². The summed E-state index contributed by atoms with van der Waals surface area (Å²) in [6, 6.07) is 6.59. The Morgan fingerprint density at radius 1 is 1.19 bits per heavy atom. The summed E-state index contributed by atoms with van der Waals surface area (Å²) < 4.78 is 5.30. The average Bonchev–Trinajstić information content (AvgIpc) is 2.30. The number of ether oxygens (including phenoxy) is 1. The van der Waals surface area contributed by atoms with Gasteiger partial charge >= 0.3 is 0 Å². The third-order valence-corrected chi connectivity index (χ3v) is 3.58. The van der Waals surface area contributed by atoms with E-state index in [1.807, 2.05) is 0 Å². The highest BCUT2D eigenvalue weighted by Crippen LogP contribution is 2.35. The zero-order valence-electron chi connectivity index (χ0n) is 10.4. The molecule has 2 rings (SSSR count). The van der Waals surface area contributed by atoms with Gasteiger partial charge in [-0.15, -0.1) is 0 Å². The van der Waals surface area contributed by atoms with Gasteiger partial charge in [0.25, 0.3) is 0 Å². The topological polar surface area (TPSA) is 9.23 Å². The van der Waals surface area contributed by atoms with Crippen LogP contribution in [0.2, 0.25) is 0 Å². The molecule has 0 heterocycles. The molecule has 16 heavy (non-hydrogen) atoms. The standard InChI is InChI=1S/C15H20O/c1-11-5-4-6-12(2)15(11)13-7-9-14(16-3)10-8-13/h4-6,9,13H,7-8,10H2,1-3H3/t13-/m0/s1. The second-order valence-corrected chi connectivity index (χ2v) is 4.65. The molecule has 0 N–H and O–H groups in total. The summed E-state index contributed by atoms with van der Waals surface area (Å²) >= 11 is 0. The molecule has 1 aromatic rings. The average molecular weight is 216 g/mol. The lowest BCUT2D eigenvalue weighted by atomic mass is 9.82. The highest BCUT2D eigenvalue weighted by atomic mass is 16.5. The number of hydrogen-bond donors (Lipinski definition) is 0. The van der Waals surface area contributed by atoms with Crippen molar-refractivity contribution in [1.82, 2.24) is 0 Å². The zero-order chi connectivity index (χ0) is 11.5. The molecule has 0 amide bonds. The van der Waals surface area contributed by atoms with Crippen LogP contribution >= 0.6 is 0 Å². The highest BCUT2D eigenvalue weighted by Gasteiger charge is 2.19. The second kappa shape index (κ2) is 4.73. The molecule has 1 aliphatic carbocycles. The van der Waals surface area contributed by atoms with Crippen LogP contribution in [-0.4, -0.2) is 7.11 Å². The third kappa shape index (κ3) is 2.13. The fraction of sp³-hybridized carbons (Fsp3) is 0.467. The van der Waals surface area contributed by atoms with Crippen LogP contribution in [0.4, 0.5) is 0 Å². The van der Waals surface area contributed by atoms with Crippen molar-refractivity contribution in [1.29, 1.82) is 0 Å². The monoisotopic (exact) mass is 216 g/mol. The summed E-state index contributed by atoms with van der Waals surface area (Å²) in [6.07, 6.45) is 5.66. The summed E-state index contributed by atoms with van der Waals surface area (Å²) in [5.41, 5.74) is 4.41. The van der Waals surface area contributed by atoms with E-state index in [-0.39, 0.29) is 0 Å². The number of methoxy groups -OCH3 is 1. The lowest BCUT2D eigenvalue weighted by Crippen LogP contribution is -2.08. The lowest BCUT2D eigenvalue weighted by Gasteiger charge is -2.24. The number of hydrogen-bond acceptors (Lipinski definition) is 1. The Morgan fingerprint density at radius 2 is 1.88 bits per heavy atom. The van der Waals surface area contributed by atoms with Gasteiger partial charge in [-0.05, 0) is 55.4 Å². The van der Waals surface area contributed by atoms with Crippen molar-refractivity contribution in [2.45, 2.75) is 39.0 Å². The Hall–Kier alpha value is -1.24. The molecule has 0 saturated heterocycles. The quantitative estimate of drug-likeness (QED) is 0.723. The maximum absolute atomic E-state index is 5.30. The Bertz CT molecular complexity index is 384. The maximum Gasteiger partial charge on any atom is 0.0916 e. The highest BCUT2D eigenvalue weighted by molar-refractivity contribution is 5.37. The van der Waals surface area contributed by atoms with E-state index in [1.165, 1.54) is 17.5 Å². The van der Waals surface area contributed by atoms with E-state index in [2.05, 4.69) is 38.1 Å². The largest absolute Gasteiger partial charge is 0.501 e. The predicted octanol–water partition coefficient (Wildman–Crippen LogP) is 4.10. The van der Waals surface area contributed by atoms with Gasteiger partial charge in [0, 0.05) is 6.42 Å². The Labute approximate surface area is 98.1 Å². The Morgan fingerprint density at radius 3 is 2.38 bits per heavy atom. The molecular weight excluding hydrogens is 196 g/mol. The normalized spacial score (nSPS) is 20.4. The number of allylic oxidation sites excluding steroid dienone is 2. The van der Waals surface area contributed by atoms with E-state index < -0.39 is 0 Å². The number of benzene rings is 1. The van der Waals surface area contributed by atoms with Crippen molar-refractivity contribution in [3.63, 3.8) is 0 Å². The van der Waals surface area contributed by atoms with Crippen molar-refractivity contribution in [3.05, 3.63) is 46.7 Å². The Balaban J connectivity index is 2.24. The molecule has 1 heteroatoms. The number of aryl methyl sites for hydroxylation is 2. The molecule has 1 nitrogen and oxygen atoms in total. The van der Waals surface area contributed by atoms with Crippen LogP contribution in [0.15, 0.2) is 30.0 Å². The molecule has 0 radical (unpaired) electrons. The molecule has 0 aromatic heterocycles. The van der Waals surface area contributed by atoms with Gasteiger partial charge < -0.3 is 4.74 Å². The van der Waals surface area contributed by atoms with Gasteiger partial charge in [0.1, 0.15) is 0 Å². The van der Waals surface area contributed by atoms with Crippen LogP contribution in [-0.2, 0) is 4.74 Å². The van der Waals surface area contributed by atoms with Crippen LogP contribution in [0, 0.1) is 13.8 Å². The second-order valence-electron chi connectivity index (χ2n) is 4.65. The summed E-state index contributed by atoms with van der Waals surface area (Å²) in [6.45, 7) is 4.44. The van der Waals surface area contributed by atoms with E-state index in [1.54, 1.807) is 12.7 Å². The first-order valence-corrected chi connectivity index (χ1v) is 6.01. The van der Waals surface area contributed by atoms with Crippen molar-refractivity contribution < 1.29 is 4.74 Å². The number of rotatable bonds is 2. The lowest BCUT2D eigenvalue weighted by molar-refractivity contribution is 0.262. The summed E-state index contributed by atoms with van der Waals surface area (Å²) in [7, 11) is 1.77. The molecule has 1 aliphatic rings. The van der Waals surface area contributed by atoms with Crippen LogP contribution in [0.5, 0.6) is 0 Å². The van der Waals surface area contributed by atoms with E-state index in [4.69, 9.17) is 4.74 Å². The van der Waals surface area contributed by atoms with Crippen molar-refractivity contribution >= 4 is 0 Å². The predicted molar refractivity (Wildman–Crippen MR) is 67.6 cm³/mol. The SMILES string of the molecule is COC1=CC[C@H](c2c(C)cccc2C)CC1. The zero-order valence-corrected chi connectivity index (χ0v) is 10.4. The van der Waals surface area contributed by atoms with Gasteiger partial charge in [-0.25, -0.2) is 0 Å². The molecule has 1 atom stereocenters. The first kappa shape index (κ1) is 11.3. The van der Waals surface area contributed by atoms with Gasteiger partial charge in [0.15, 0.2) is 0 Å².